The van der Waals surface area contributed by atoms with Gasteiger partial charge in [-0.3, -0.25) is 4.57 Å². The van der Waals surface area contributed by atoms with Crippen LogP contribution < -0.4 is 10.6 Å². The molecule has 0 aromatic carbocycles. The summed E-state index contributed by atoms with van der Waals surface area (Å²) in [5, 5.41) is 23.6. The zero-order valence-electron chi connectivity index (χ0n) is 8.36. The number of aliphatic hydroxyl groups excluding tert-OH is 1. The first-order valence-electron chi connectivity index (χ1n) is 4.71. The lowest BCUT2D eigenvalue weighted by Gasteiger charge is -2.09. The van der Waals surface area contributed by atoms with E-state index >= 15 is 0 Å². The summed E-state index contributed by atoms with van der Waals surface area (Å²) in [6, 6.07) is 0.115. The number of rotatable bonds is 2. The van der Waals surface area contributed by atoms with Gasteiger partial charge >= 0.3 is 0 Å². The Morgan fingerprint density at radius 1 is 1.57 bits per heavy atom. The molecule has 0 aliphatic carbocycles. The number of aliphatic hydroxyl groups is 1. The second-order valence-corrected chi connectivity index (χ2v) is 3.54. The summed E-state index contributed by atoms with van der Waals surface area (Å²) in [5.74, 6) is 1.61. The molecule has 0 amide bonds. The Morgan fingerprint density at radius 3 is 2.86 bits per heavy atom. The van der Waals surface area contributed by atoms with Crippen LogP contribution in [0.1, 0.15) is 18.3 Å². The van der Waals surface area contributed by atoms with Crippen LogP contribution in [-0.2, 0) is 7.05 Å². The molecule has 2 atom stereocenters. The van der Waals surface area contributed by atoms with Gasteiger partial charge in [0, 0.05) is 20.6 Å². The Hall–Kier alpha value is -1.14. The largest absolute Gasteiger partial charge is 0.392 e. The number of hydrogen-bond donors (Lipinski definition) is 3. The minimum atomic E-state index is -0.269. The van der Waals surface area contributed by atoms with Gasteiger partial charge < -0.3 is 15.7 Å². The second-order valence-electron chi connectivity index (χ2n) is 3.54. The molecule has 1 aliphatic rings. The lowest BCUT2D eigenvalue weighted by atomic mass is 10.2. The SMILES string of the molecule is CNc1nnc([C@@H]2C[C@@H](O)CN2)n1C. The lowest BCUT2D eigenvalue weighted by Crippen LogP contribution is -2.18. The molecule has 1 aromatic rings. The van der Waals surface area contributed by atoms with Crippen molar-refractivity contribution in [1.82, 2.24) is 20.1 Å². The van der Waals surface area contributed by atoms with Gasteiger partial charge in [0.25, 0.3) is 0 Å². The molecule has 1 fully saturated rings. The highest BCUT2D eigenvalue weighted by Crippen LogP contribution is 2.22. The van der Waals surface area contributed by atoms with Crippen LogP contribution in [0.3, 0.4) is 0 Å². The van der Waals surface area contributed by atoms with Crippen LogP contribution in [0.15, 0.2) is 0 Å². The Morgan fingerprint density at radius 2 is 2.36 bits per heavy atom. The van der Waals surface area contributed by atoms with E-state index in [0.717, 1.165) is 11.8 Å². The van der Waals surface area contributed by atoms with E-state index in [-0.39, 0.29) is 12.1 Å². The molecule has 0 unspecified atom stereocenters. The predicted octanol–water partition coefficient (Wildman–Crippen LogP) is -0.748. The van der Waals surface area contributed by atoms with E-state index in [9.17, 15) is 5.11 Å². The Kier molecular flexibility index (Phi) is 2.39. The van der Waals surface area contributed by atoms with Gasteiger partial charge in [-0.2, -0.15) is 0 Å². The molecule has 3 N–H and O–H groups in total. The zero-order valence-corrected chi connectivity index (χ0v) is 8.36. The second kappa shape index (κ2) is 3.55. The van der Waals surface area contributed by atoms with E-state index in [1.54, 1.807) is 0 Å². The maximum Gasteiger partial charge on any atom is 0.224 e. The lowest BCUT2D eigenvalue weighted by molar-refractivity contribution is 0.193. The van der Waals surface area contributed by atoms with Crippen molar-refractivity contribution in [3.63, 3.8) is 0 Å². The summed E-state index contributed by atoms with van der Waals surface area (Å²) in [6.45, 7) is 0.631. The van der Waals surface area contributed by atoms with Crippen LogP contribution in [0, 0.1) is 0 Å². The van der Waals surface area contributed by atoms with Crippen molar-refractivity contribution >= 4 is 5.95 Å². The molecule has 0 radical (unpaired) electrons. The van der Waals surface area contributed by atoms with Gasteiger partial charge in [-0.15, -0.1) is 10.2 Å². The van der Waals surface area contributed by atoms with Crippen molar-refractivity contribution in [2.45, 2.75) is 18.6 Å². The van der Waals surface area contributed by atoms with Crippen LogP contribution in [-0.4, -0.2) is 39.6 Å². The van der Waals surface area contributed by atoms with Gasteiger partial charge in [0.15, 0.2) is 5.82 Å². The van der Waals surface area contributed by atoms with Crippen LogP contribution in [0.2, 0.25) is 0 Å². The average molecular weight is 197 g/mol. The standard InChI is InChI=1S/C8H15N5O/c1-9-8-12-11-7(13(8)2)6-3-5(14)4-10-6/h5-6,10,14H,3-4H2,1-2H3,(H,9,12)/t5-,6+/m1/s1. The summed E-state index contributed by atoms with van der Waals surface area (Å²) >= 11 is 0. The van der Waals surface area contributed by atoms with Gasteiger partial charge in [0.05, 0.1) is 12.1 Å². The third-order valence-corrected chi connectivity index (χ3v) is 2.55. The number of anilines is 1. The molecule has 6 heteroatoms. The number of β-amino-alcohol motifs (C(OH)–C–C–N with tert-alkyl or cyclic N) is 1. The van der Waals surface area contributed by atoms with E-state index in [1.165, 1.54) is 0 Å². The fourth-order valence-electron chi connectivity index (χ4n) is 1.78. The molecule has 0 saturated carbocycles. The molecule has 1 saturated heterocycles. The first-order valence-corrected chi connectivity index (χ1v) is 4.71. The molecule has 2 rings (SSSR count). The zero-order chi connectivity index (χ0) is 10.1. The average Bonchev–Trinajstić information content (AvgIpc) is 2.72. The minimum absolute atomic E-state index is 0.115. The fraction of sp³-hybridized carbons (Fsp3) is 0.750. The number of aromatic nitrogens is 3. The minimum Gasteiger partial charge on any atom is -0.392 e. The summed E-state index contributed by atoms with van der Waals surface area (Å²) in [4.78, 5) is 0. The molecule has 0 spiro atoms. The van der Waals surface area contributed by atoms with Crippen molar-refractivity contribution in [3.8, 4) is 0 Å². The fourth-order valence-corrected chi connectivity index (χ4v) is 1.78. The summed E-state index contributed by atoms with van der Waals surface area (Å²) in [7, 11) is 3.72. The third-order valence-electron chi connectivity index (χ3n) is 2.55. The Bertz CT molecular complexity index is 324. The maximum absolute atomic E-state index is 9.38. The normalized spacial score (nSPS) is 26.8. The predicted molar refractivity (Wildman–Crippen MR) is 51.9 cm³/mol. The van der Waals surface area contributed by atoms with E-state index in [4.69, 9.17) is 0 Å². The first-order chi connectivity index (χ1) is 6.72. The molecular weight excluding hydrogens is 182 g/mol. The van der Waals surface area contributed by atoms with E-state index in [0.29, 0.717) is 13.0 Å². The summed E-state index contributed by atoms with van der Waals surface area (Å²) < 4.78 is 1.90. The quantitative estimate of drug-likeness (QED) is 0.582. The smallest absolute Gasteiger partial charge is 0.224 e. The van der Waals surface area contributed by atoms with Gasteiger partial charge in [-0.25, -0.2) is 0 Å². The van der Waals surface area contributed by atoms with E-state index in [2.05, 4.69) is 20.8 Å². The molecule has 2 heterocycles. The molecule has 14 heavy (non-hydrogen) atoms. The molecule has 1 aliphatic heterocycles. The monoisotopic (exact) mass is 197 g/mol. The van der Waals surface area contributed by atoms with Crippen LogP contribution in [0.5, 0.6) is 0 Å². The van der Waals surface area contributed by atoms with Gasteiger partial charge in [-0.1, -0.05) is 0 Å². The van der Waals surface area contributed by atoms with E-state index < -0.39 is 0 Å². The number of nitrogens with zero attached hydrogens (tertiary/aromatic N) is 3. The highest BCUT2D eigenvalue weighted by atomic mass is 16.3. The number of hydrogen-bond acceptors (Lipinski definition) is 5. The van der Waals surface area contributed by atoms with Crippen LogP contribution >= 0.6 is 0 Å². The summed E-state index contributed by atoms with van der Waals surface area (Å²) in [5.41, 5.74) is 0. The highest BCUT2D eigenvalue weighted by Gasteiger charge is 2.27. The van der Waals surface area contributed by atoms with E-state index in [1.807, 2.05) is 18.7 Å². The third kappa shape index (κ3) is 1.46. The van der Waals surface area contributed by atoms with Crippen molar-refractivity contribution in [2.24, 2.45) is 7.05 Å². The molecule has 6 nitrogen and oxygen atoms in total. The van der Waals surface area contributed by atoms with Gasteiger partial charge in [0.2, 0.25) is 5.95 Å². The molecule has 1 aromatic heterocycles. The van der Waals surface area contributed by atoms with Crippen LogP contribution in [0.25, 0.3) is 0 Å². The van der Waals surface area contributed by atoms with Crippen molar-refractivity contribution < 1.29 is 5.11 Å². The Balaban J connectivity index is 2.20. The van der Waals surface area contributed by atoms with Crippen molar-refractivity contribution in [1.29, 1.82) is 0 Å². The number of nitrogens with one attached hydrogen (secondary N) is 2. The van der Waals surface area contributed by atoms with Gasteiger partial charge in [-0.05, 0) is 6.42 Å². The van der Waals surface area contributed by atoms with Gasteiger partial charge in [0.1, 0.15) is 0 Å². The maximum atomic E-state index is 9.38. The Labute approximate surface area is 82.3 Å². The molecular formula is C8H15N5O. The summed E-state index contributed by atoms with van der Waals surface area (Å²) in [6.07, 6.45) is 0.435. The van der Waals surface area contributed by atoms with Crippen LogP contribution in [0.4, 0.5) is 5.95 Å². The van der Waals surface area contributed by atoms with Crippen molar-refractivity contribution in [2.75, 3.05) is 18.9 Å². The topological polar surface area (TPSA) is 75.0 Å². The molecule has 0 bridgehead atoms. The van der Waals surface area contributed by atoms with Crippen molar-refractivity contribution in [3.05, 3.63) is 5.82 Å². The first kappa shape index (κ1) is 9.42. The highest BCUT2D eigenvalue weighted by molar-refractivity contribution is 5.25. The molecule has 78 valence electrons.